The van der Waals surface area contributed by atoms with Gasteiger partial charge in [0.05, 0.1) is 6.61 Å². The first-order valence-electron chi connectivity index (χ1n) is 5.21. The summed E-state index contributed by atoms with van der Waals surface area (Å²) in [6, 6.07) is 0.925. The van der Waals surface area contributed by atoms with Gasteiger partial charge in [-0.05, 0) is 13.0 Å². The average molecular weight is 274 g/mol. The number of aliphatic hydroxyl groups is 1. The third-order valence-electron chi connectivity index (χ3n) is 2.51. The summed E-state index contributed by atoms with van der Waals surface area (Å²) in [5.74, 6) is -1.33. The highest BCUT2D eigenvalue weighted by atomic mass is 19.3. The minimum absolute atomic E-state index is 0.0113. The summed E-state index contributed by atoms with van der Waals surface area (Å²) in [4.78, 5) is 17.3. The lowest BCUT2D eigenvalue weighted by molar-refractivity contribution is -0.0490. The van der Waals surface area contributed by atoms with Crippen molar-refractivity contribution in [2.24, 2.45) is 0 Å². The number of aryl methyl sites for hydroxylation is 1. The number of ether oxygens (including phenoxy) is 1. The van der Waals surface area contributed by atoms with E-state index >= 15 is 0 Å². The summed E-state index contributed by atoms with van der Waals surface area (Å²) < 4.78 is 42.7. The van der Waals surface area contributed by atoms with E-state index in [1.165, 1.54) is 6.92 Å². The van der Waals surface area contributed by atoms with Crippen LogP contribution in [0.15, 0.2) is 10.9 Å². The largest absolute Gasteiger partial charge is 0.432 e. The number of alkyl halides is 2. The van der Waals surface area contributed by atoms with Gasteiger partial charge in [-0.15, -0.1) is 0 Å². The van der Waals surface area contributed by atoms with Crippen molar-refractivity contribution in [3.63, 3.8) is 0 Å². The number of hydrogen-bond acceptors (Lipinski definition) is 4. The topological polar surface area (TPSA) is 75.2 Å². The lowest BCUT2D eigenvalue weighted by Crippen LogP contribution is -2.14. The first kappa shape index (κ1) is 13.3. The molecule has 0 bridgehead atoms. The van der Waals surface area contributed by atoms with Crippen LogP contribution in [0.25, 0.3) is 11.0 Å². The van der Waals surface area contributed by atoms with Crippen molar-refractivity contribution in [1.82, 2.24) is 9.97 Å². The van der Waals surface area contributed by atoms with Crippen LogP contribution in [0.2, 0.25) is 0 Å². The fraction of sp³-hybridized carbons (Fsp3) is 0.273. The number of aromatic amines is 1. The zero-order valence-electron chi connectivity index (χ0n) is 9.71. The third kappa shape index (κ3) is 2.39. The summed E-state index contributed by atoms with van der Waals surface area (Å²) in [6.45, 7) is -2.51. The van der Waals surface area contributed by atoms with Crippen LogP contribution in [-0.4, -0.2) is 21.7 Å². The second-order valence-corrected chi connectivity index (χ2v) is 3.76. The number of H-pyrrole nitrogens is 1. The Morgan fingerprint density at radius 1 is 1.53 bits per heavy atom. The number of benzene rings is 1. The molecule has 0 saturated carbocycles. The van der Waals surface area contributed by atoms with Crippen molar-refractivity contribution in [2.45, 2.75) is 20.1 Å². The zero-order chi connectivity index (χ0) is 14.2. The van der Waals surface area contributed by atoms with E-state index in [0.29, 0.717) is 0 Å². The van der Waals surface area contributed by atoms with E-state index in [-0.39, 0.29) is 22.3 Å². The number of nitrogens with one attached hydrogen (secondary N) is 1. The molecular formula is C11H9F3N2O3. The monoisotopic (exact) mass is 274 g/mol. The number of rotatable bonds is 3. The van der Waals surface area contributed by atoms with E-state index in [1.807, 2.05) is 0 Å². The fourth-order valence-corrected chi connectivity index (χ4v) is 1.63. The van der Waals surface area contributed by atoms with E-state index in [4.69, 9.17) is 5.11 Å². The molecule has 19 heavy (non-hydrogen) atoms. The van der Waals surface area contributed by atoms with Crippen molar-refractivity contribution in [3.8, 4) is 5.75 Å². The zero-order valence-corrected chi connectivity index (χ0v) is 9.71. The molecule has 2 N–H and O–H groups in total. The first-order chi connectivity index (χ1) is 8.93. The average Bonchev–Trinajstić information content (AvgIpc) is 2.34. The molecule has 8 heteroatoms. The highest BCUT2D eigenvalue weighted by Gasteiger charge is 2.18. The van der Waals surface area contributed by atoms with E-state index in [9.17, 15) is 18.0 Å². The molecule has 1 heterocycles. The lowest BCUT2D eigenvalue weighted by atomic mass is 10.1. The predicted octanol–water partition coefficient (Wildman–Crippen LogP) is 1.46. The molecular weight excluding hydrogens is 265 g/mol. The van der Waals surface area contributed by atoms with Gasteiger partial charge in [0, 0.05) is 5.56 Å². The molecule has 5 nitrogen and oxygen atoms in total. The Hall–Kier alpha value is -2.09. The van der Waals surface area contributed by atoms with Crippen LogP contribution >= 0.6 is 0 Å². The van der Waals surface area contributed by atoms with Crippen LogP contribution in [-0.2, 0) is 6.61 Å². The van der Waals surface area contributed by atoms with Crippen molar-refractivity contribution in [1.29, 1.82) is 0 Å². The summed E-state index contributed by atoms with van der Waals surface area (Å²) in [5.41, 5.74) is -1.54. The van der Waals surface area contributed by atoms with Crippen LogP contribution < -0.4 is 10.3 Å². The molecule has 0 aliphatic carbocycles. The third-order valence-corrected chi connectivity index (χ3v) is 2.51. The molecule has 0 atom stereocenters. The molecule has 0 amide bonds. The second kappa shape index (κ2) is 4.88. The van der Waals surface area contributed by atoms with Crippen LogP contribution in [0.5, 0.6) is 5.75 Å². The Morgan fingerprint density at radius 2 is 2.21 bits per heavy atom. The Balaban J connectivity index is 2.83. The number of nitrogens with zero attached hydrogens (tertiary/aromatic N) is 1. The van der Waals surface area contributed by atoms with Gasteiger partial charge in [-0.25, -0.2) is 9.37 Å². The lowest BCUT2D eigenvalue weighted by Gasteiger charge is -2.11. The predicted molar refractivity (Wildman–Crippen MR) is 59.6 cm³/mol. The molecule has 102 valence electrons. The van der Waals surface area contributed by atoms with Crippen molar-refractivity contribution in [3.05, 3.63) is 33.5 Å². The molecule has 0 aliphatic heterocycles. The SMILES string of the molecule is Cc1nc2c(OC(F)F)cc(CO)c(F)c2[nH]c1=O. The highest BCUT2D eigenvalue weighted by Crippen LogP contribution is 2.28. The molecule has 0 spiro atoms. The Labute approximate surface area is 104 Å². The highest BCUT2D eigenvalue weighted by molar-refractivity contribution is 5.82. The summed E-state index contributed by atoms with van der Waals surface area (Å²) in [7, 11) is 0. The van der Waals surface area contributed by atoms with Crippen LogP contribution in [0.1, 0.15) is 11.3 Å². The van der Waals surface area contributed by atoms with Gasteiger partial charge >= 0.3 is 6.61 Å². The first-order valence-corrected chi connectivity index (χ1v) is 5.21. The van der Waals surface area contributed by atoms with Crippen molar-refractivity contribution < 1.29 is 23.0 Å². The number of fused-ring (bicyclic) bond motifs is 1. The maximum absolute atomic E-state index is 13.9. The van der Waals surface area contributed by atoms with Crippen molar-refractivity contribution in [2.75, 3.05) is 0 Å². The van der Waals surface area contributed by atoms with E-state index in [1.54, 1.807) is 0 Å². The Bertz CT molecular complexity index is 685. The van der Waals surface area contributed by atoms with Crippen LogP contribution in [0, 0.1) is 12.7 Å². The molecule has 2 aromatic rings. The van der Waals surface area contributed by atoms with Crippen molar-refractivity contribution >= 4 is 11.0 Å². The summed E-state index contributed by atoms with van der Waals surface area (Å²) >= 11 is 0. The number of aliphatic hydroxyl groups excluding tert-OH is 1. The van der Waals surface area contributed by atoms with Gasteiger partial charge < -0.3 is 14.8 Å². The van der Waals surface area contributed by atoms with Gasteiger partial charge in [-0.2, -0.15) is 8.78 Å². The molecule has 1 aromatic carbocycles. The summed E-state index contributed by atoms with van der Waals surface area (Å²) in [6.07, 6.45) is 0. The standard InChI is InChI=1S/C11H9F3N2O3/c1-4-10(18)16-9-7(12)5(3-17)2-6(8(9)15-4)19-11(13)14/h2,11,17H,3H2,1H3,(H,16,18). The number of halogens is 3. The smallest absolute Gasteiger partial charge is 0.387 e. The molecule has 0 unspecified atom stereocenters. The fourth-order valence-electron chi connectivity index (χ4n) is 1.63. The minimum atomic E-state index is -3.13. The van der Waals surface area contributed by atoms with Gasteiger partial charge in [-0.1, -0.05) is 0 Å². The van der Waals surface area contributed by atoms with Crippen LogP contribution in [0.3, 0.4) is 0 Å². The maximum atomic E-state index is 13.9. The minimum Gasteiger partial charge on any atom is -0.432 e. The molecule has 0 fully saturated rings. The summed E-state index contributed by atoms with van der Waals surface area (Å²) in [5, 5.41) is 8.96. The second-order valence-electron chi connectivity index (χ2n) is 3.76. The van der Waals surface area contributed by atoms with Gasteiger partial charge in [-0.3, -0.25) is 4.79 Å². The quantitative estimate of drug-likeness (QED) is 0.888. The molecule has 2 rings (SSSR count). The van der Waals surface area contributed by atoms with Gasteiger partial charge in [0.2, 0.25) is 0 Å². The van der Waals surface area contributed by atoms with Gasteiger partial charge in [0.25, 0.3) is 5.56 Å². The molecule has 0 saturated heterocycles. The van der Waals surface area contributed by atoms with E-state index in [2.05, 4.69) is 14.7 Å². The van der Waals surface area contributed by atoms with E-state index < -0.39 is 30.3 Å². The molecule has 0 radical (unpaired) electrons. The number of hydrogen-bond donors (Lipinski definition) is 2. The Kier molecular flexibility index (Phi) is 3.43. The molecule has 0 aliphatic rings. The van der Waals surface area contributed by atoms with E-state index in [0.717, 1.165) is 6.07 Å². The normalized spacial score (nSPS) is 11.3. The number of aromatic nitrogens is 2. The maximum Gasteiger partial charge on any atom is 0.387 e. The Morgan fingerprint density at radius 3 is 2.79 bits per heavy atom. The van der Waals surface area contributed by atoms with Crippen LogP contribution in [0.4, 0.5) is 13.2 Å². The van der Waals surface area contributed by atoms with Gasteiger partial charge in [0.1, 0.15) is 16.7 Å². The van der Waals surface area contributed by atoms with Gasteiger partial charge in [0.15, 0.2) is 11.6 Å². The molecule has 1 aromatic heterocycles.